The maximum absolute atomic E-state index is 3.58. The van der Waals surface area contributed by atoms with Gasteiger partial charge in [0.25, 0.3) is 0 Å². The van der Waals surface area contributed by atoms with E-state index in [0.29, 0.717) is 0 Å². The fourth-order valence-electron chi connectivity index (χ4n) is 6.01. The van der Waals surface area contributed by atoms with Crippen molar-refractivity contribution < 1.29 is 0 Å². The molecular formula is C47H52. The fraction of sp³-hybridized carbons (Fsp3) is 0.191. The van der Waals surface area contributed by atoms with Gasteiger partial charge in [-0.3, -0.25) is 0 Å². The predicted octanol–water partition coefficient (Wildman–Crippen LogP) is 14.3. The van der Waals surface area contributed by atoms with Gasteiger partial charge in [0, 0.05) is 0 Å². The molecule has 0 aliphatic rings. The fourth-order valence-corrected chi connectivity index (χ4v) is 6.01. The molecule has 0 atom stereocenters. The van der Waals surface area contributed by atoms with Crippen molar-refractivity contribution in [3.8, 4) is 22.3 Å². The molecule has 47 heavy (non-hydrogen) atoms. The third-order valence-corrected chi connectivity index (χ3v) is 8.43. The van der Waals surface area contributed by atoms with E-state index in [0.717, 1.165) is 6.42 Å². The number of hydrogen-bond donors (Lipinski definition) is 0. The van der Waals surface area contributed by atoms with Gasteiger partial charge in [-0.05, 0) is 120 Å². The van der Waals surface area contributed by atoms with E-state index in [1.165, 1.54) is 77.2 Å². The SMILES string of the molecule is C.C=C/C=C\C(C)=C/CC.Cc1cc(C)c(-c2c(C)ccc3ccccc23)cc1-c1ccc2ccccc2c1C.Cc1ccccc1. The van der Waals surface area contributed by atoms with Crippen molar-refractivity contribution >= 4 is 21.5 Å². The second-order valence-electron chi connectivity index (χ2n) is 12.0. The van der Waals surface area contributed by atoms with Gasteiger partial charge in [-0.1, -0.05) is 166 Å². The van der Waals surface area contributed by atoms with Crippen LogP contribution in [0.15, 0.2) is 152 Å². The minimum absolute atomic E-state index is 0. The second kappa shape index (κ2) is 17.7. The molecule has 0 heteroatoms. The summed E-state index contributed by atoms with van der Waals surface area (Å²) in [7, 11) is 0. The number of hydrogen-bond acceptors (Lipinski definition) is 0. The molecule has 0 aromatic heterocycles. The Hall–Kier alpha value is -4.94. The van der Waals surface area contributed by atoms with Gasteiger partial charge in [0.1, 0.15) is 0 Å². The summed E-state index contributed by atoms with van der Waals surface area (Å²) in [6.07, 6.45) is 9.07. The summed E-state index contributed by atoms with van der Waals surface area (Å²) in [5.41, 5.74) is 13.3. The van der Waals surface area contributed by atoms with Crippen LogP contribution < -0.4 is 0 Å². The van der Waals surface area contributed by atoms with Gasteiger partial charge in [-0.15, -0.1) is 0 Å². The van der Waals surface area contributed by atoms with Crippen molar-refractivity contribution in [3.05, 3.63) is 180 Å². The molecule has 0 saturated heterocycles. The number of rotatable bonds is 5. The molecule has 6 aromatic carbocycles. The lowest BCUT2D eigenvalue weighted by atomic mass is 9.86. The second-order valence-corrected chi connectivity index (χ2v) is 12.0. The molecule has 0 bridgehead atoms. The summed E-state index contributed by atoms with van der Waals surface area (Å²) >= 11 is 0. The molecule has 0 nitrogen and oxygen atoms in total. The van der Waals surface area contributed by atoms with Gasteiger partial charge in [0.05, 0.1) is 0 Å². The van der Waals surface area contributed by atoms with Crippen molar-refractivity contribution in [1.29, 1.82) is 0 Å². The van der Waals surface area contributed by atoms with E-state index in [1.54, 1.807) is 6.08 Å². The van der Waals surface area contributed by atoms with Crippen molar-refractivity contribution in [2.45, 2.75) is 62.3 Å². The lowest BCUT2D eigenvalue weighted by Gasteiger charge is -2.18. The predicted molar refractivity (Wildman–Crippen MR) is 213 cm³/mol. The highest BCUT2D eigenvalue weighted by Crippen LogP contribution is 2.39. The summed E-state index contributed by atoms with van der Waals surface area (Å²) in [4.78, 5) is 0. The van der Waals surface area contributed by atoms with E-state index in [2.05, 4.69) is 164 Å². The first-order valence-corrected chi connectivity index (χ1v) is 16.3. The van der Waals surface area contributed by atoms with Gasteiger partial charge in [0.2, 0.25) is 0 Å². The lowest BCUT2D eigenvalue weighted by Crippen LogP contribution is -1.95. The van der Waals surface area contributed by atoms with E-state index in [9.17, 15) is 0 Å². The van der Waals surface area contributed by atoms with Crippen LogP contribution in [0.5, 0.6) is 0 Å². The van der Waals surface area contributed by atoms with Gasteiger partial charge in [0.15, 0.2) is 0 Å². The Morgan fingerprint density at radius 2 is 1.17 bits per heavy atom. The van der Waals surface area contributed by atoms with Gasteiger partial charge < -0.3 is 0 Å². The Balaban J connectivity index is 0.000000292. The quantitative estimate of drug-likeness (QED) is 0.169. The average Bonchev–Trinajstić information content (AvgIpc) is 3.06. The molecule has 0 radical (unpaired) electrons. The van der Waals surface area contributed by atoms with Crippen LogP contribution >= 0.6 is 0 Å². The van der Waals surface area contributed by atoms with E-state index in [1.807, 2.05) is 24.3 Å². The van der Waals surface area contributed by atoms with Crippen LogP contribution in [0.25, 0.3) is 43.8 Å². The molecule has 6 rings (SSSR count). The first kappa shape index (κ1) is 36.5. The topological polar surface area (TPSA) is 0 Å². The lowest BCUT2D eigenvalue weighted by molar-refractivity contribution is 1.20. The highest BCUT2D eigenvalue weighted by Gasteiger charge is 2.15. The molecule has 0 amide bonds. The Morgan fingerprint density at radius 1 is 0.596 bits per heavy atom. The van der Waals surface area contributed by atoms with Crippen molar-refractivity contribution in [2.75, 3.05) is 0 Å². The molecule has 0 aliphatic heterocycles. The first-order chi connectivity index (χ1) is 22.2. The van der Waals surface area contributed by atoms with Crippen LogP contribution in [0.1, 0.15) is 55.5 Å². The molecule has 0 fully saturated rings. The Labute approximate surface area is 284 Å². The number of aryl methyl sites for hydroxylation is 5. The third-order valence-electron chi connectivity index (χ3n) is 8.43. The van der Waals surface area contributed by atoms with Crippen molar-refractivity contribution in [2.24, 2.45) is 0 Å². The minimum atomic E-state index is 0. The van der Waals surface area contributed by atoms with Crippen molar-refractivity contribution in [1.82, 2.24) is 0 Å². The van der Waals surface area contributed by atoms with Crippen LogP contribution in [0, 0.1) is 34.6 Å². The smallest absolute Gasteiger partial charge is 0.00732 e. The zero-order valence-corrected chi connectivity index (χ0v) is 28.7. The van der Waals surface area contributed by atoms with E-state index < -0.39 is 0 Å². The molecule has 0 aliphatic carbocycles. The molecule has 0 heterocycles. The highest BCUT2D eigenvalue weighted by atomic mass is 14.2. The van der Waals surface area contributed by atoms with Crippen LogP contribution in [0.4, 0.5) is 0 Å². The summed E-state index contributed by atoms with van der Waals surface area (Å²) in [6.45, 7) is 18.8. The number of allylic oxidation sites excluding steroid dienone is 5. The van der Waals surface area contributed by atoms with Gasteiger partial charge in [-0.25, -0.2) is 0 Å². The summed E-state index contributed by atoms with van der Waals surface area (Å²) in [5.74, 6) is 0. The van der Waals surface area contributed by atoms with Gasteiger partial charge in [-0.2, -0.15) is 0 Å². The van der Waals surface area contributed by atoms with Crippen LogP contribution in [0.2, 0.25) is 0 Å². The number of fused-ring (bicyclic) bond motifs is 2. The van der Waals surface area contributed by atoms with Crippen LogP contribution in [-0.2, 0) is 0 Å². The maximum Gasteiger partial charge on any atom is -0.00732 e. The number of benzene rings is 6. The Kier molecular flexibility index (Phi) is 13.7. The largest absolute Gasteiger partial charge is 0.0991 e. The average molecular weight is 617 g/mol. The minimum Gasteiger partial charge on any atom is -0.0991 e. The Morgan fingerprint density at radius 3 is 1.79 bits per heavy atom. The van der Waals surface area contributed by atoms with Crippen LogP contribution in [0.3, 0.4) is 0 Å². The summed E-state index contributed by atoms with van der Waals surface area (Å²) in [5, 5.41) is 5.25. The third kappa shape index (κ3) is 9.30. The monoisotopic (exact) mass is 616 g/mol. The van der Waals surface area contributed by atoms with E-state index in [-0.39, 0.29) is 7.43 Å². The summed E-state index contributed by atoms with van der Waals surface area (Å²) in [6, 6.07) is 41.4. The molecule has 0 spiro atoms. The normalized spacial score (nSPS) is 10.9. The van der Waals surface area contributed by atoms with Crippen molar-refractivity contribution in [3.63, 3.8) is 0 Å². The molecular weight excluding hydrogens is 565 g/mol. The zero-order valence-electron chi connectivity index (χ0n) is 28.7. The standard InChI is InChI=1S/C30H26.C9H14.C7H8.CH4/c1-19-13-14-24-10-6-8-12-27(24)30(19)29-18-28(20(2)17-21(29)3)26-16-15-23-9-5-7-11-25(23)22(26)4;1-4-6-8-9(3)7-5-2;1-7-5-3-2-4-6-7;/h5-18H,1-4H3;4,6-8H,1,5H2,2-3H3;2-6H,1H3;1H4/b;8-6-,9-7-;;. The van der Waals surface area contributed by atoms with Crippen LogP contribution in [-0.4, -0.2) is 0 Å². The molecule has 6 aromatic rings. The summed E-state index contributed by atoms with van der Waals surface area (Å²) < 4.78 is 0. The molecule has 240 valence electrons. The highest BCUT2D eigenvalue weighted by molar-refractivity contribution is 6.00. The first-order valence-electron chi connectivity index (χ1n) is 16.3. The van der Waals surface area contributed by atoms with Gasteiger partial charge >= 0.3 is 0 Å². The molecule has 0 unspecified atom stereocenters. The zero-order chi connectivity index (χ0) is 33.1. The molecule has 0 saturated carbocycles. The molecule has 0 N–H and O–H groups in total. The van der Waals surface area contributed by atoms with E-state index in [4.69, 9.17) is 0 Å². The Bertz CT molecular complexity index is 1980. The van der Waals surface area contributed by atoms with E-state index >= 15 is 0 Å². The maximum atomic E-state index is 3.58.